The summed E-state index contributed by atoms with van der Waals surface area (Å²) < 4.78 is 44.3. The Morgan fingerprint density at radius 2 is 2.07 bits per heavy atom. The fourth-order valence-electron chi connectivity index (χ4n) is 0.839. The predicted molar refractivity (Wildman–Crippen MR) is 46.6 cm³/mol. The van der Waals surface area contributed by atoms with Gasteiger partial charge in [0.1, 0.15) is 19.0 Å². The summed E-state index contributed by atoms with van der Waals surface area (Å²) in [5.41, 5.74) is 0. The molecule has 1 rings (SSSR count). The average molecular weight is 221 g/mol. The number of aromatic nitrogens is 1. The summed E-state index contributed by atoms with van der Waals surface area (Å²) in [6.07, 6.45) is -1.23. The molecule has 0 aliphatic rings. The van der Waals surface area contributed by atoms with Crippen LogP contribution >= 0.6 is 0 Å². The number of nitrogens with zero attached hydrogens (tertiary/aromatic N) is 1. The Kier molecular flexibility index (Phi) is 4.36. The van der Waals surface area contributed by atoms with Gasteiger partial charge >= 0.3 is 6.18 Å². The smallest absolute Gasteiger partial charge is 0.411 e. The molecule has 1 heterocycles. The van der Waals surface area contributed by atoms with Crippen molar-refractivity contribution in [2.75, 3.05) is 19.8 Å². The predicted octanol–water partition coefficient (Wildman–Crippen LogP) is 2.04. The van der Waals surface area contributed by atoms with E-state index in [9.17, 15) is 13.2 Å². The maximum Gasteiger partial charge on any atom is 0.411 e. The maximum atomic E-state index is 11.6. The molecule has 84 valence electrons. The van der Waals surface area contributed by atoms with Crippen LogP contribution in [0.1, 0.15) is 0 Å². The third-order valence-electron chi connectivity index (χ3n) is 1.40. The number of hydrogen-bond acceptors (Lipinski definition) is 3. The Morgan fingerprint density at radius 3 is 2.67 bits per heavy atom. The van der Waals surface area contributed by atoms with Gasteiger partial charge in [-0.05, 0) is 12.1 Å². The minimum absolute atomic E-state index is 0.0712. The van der Waals surface area contributed by atoms with Crippen molar-refractivity contribution in [2.24, 2.45) is 0 Å². The number of alkyl halides is 3. The summed E-state index contributed by atoms with van der Waals surface area (Å²) in [6, 6.07) is 3.34. The van der Waals surface area contributed by atoms with Crippen molar-refractivity contribution in [1.82, 2.24) is 4.98 Å². The maximum absolute atomic E-state index is 11.6. The molecule has 0 aliphatic heterocycles. The summed E-state index contributed by atoms with van der Waals surface area (Å²) >= 11 is 0. The molecule has 0 atom stereocenters. The van der Waals surface area contributed by atoms with E-state index < -0.39 is 12.8 Å². The molecule has 1 aromatic rings. The van der Waals surface area contributed by atoms with Gasteiger partial charge in [-0.1, -0.05) is 0 Å². The van der Waals surface area contributed by atoms with Crippen molar-refractivity contribution >= 4 is 0 Å². The van der Waals surface area contributed by atoms with Gasteiger partial charge in [-0.3, -0.25) is 4.98 Å². The molecule has 0 aliphatic carbocycles. The summed E-state index contributed by atoms with van der Waals surface area (Å²) in [7, 11) is 0. The topological polar surface area (TPSA) is 31.4 Å². The Hall–Kier alpha value is -1.30. The van der Waals surface area contributed by atoms with Crippen molar-refractivity contribution in [3.63, 3.8) is 0 Å². The molecule has 15 heavy (non-hydrogen) atoms. The van der Waals surface area contributed by atoms with Crippen molar-refractivity contribution < 1.29 is 22.6 Å². The lowest BCUT2D eigenvalue weighted by Gasteiger charge is -2.08. The zero-order valence-electron chi connectivity index (χ0n) is 7.83. The highest BCUT2D eigenvalue weighted by molar-refractivity contribution is 5.15. The molecule has 6 heteroatoms. The van der Waals surface area contributed by atoms with Gasteiger partial charge in [-0.2, -0.15) is 13.2 Å². The van der Waals surface area contributed by atoms with E-state index in [0.29, 0.717) is 5.75 Å². The Labute approximate surface area is 84.8 Å². The number of halogens is 3. The van der Waals surface area contributed by atoms with Crippen molar-refractivity contribution in [3.05, 3.63) is 24.5 Å². The lowest BCUT2D eigenvalue weighted by atomic mass is 10.5. The lowest BCUT2D eigenvalue weighted by Crippen LogP contribution is -2.19. The van der Waals surface area contributed by atoms with Gasteiger partial charge in [0.15, 0.2) is 0 Å². The Balaban J connectivity index is 2.08. The van der Waals surface area contributed by atoms with Gasteiger partial charge in [0.05, 0.1) is 12.8 Å². The van der Waals surface area contributed by atoms with Crippen LogP contribution in [0.15, 0.2) is 24.5 Å². The highest BCUT2D eigenvalue weighted by atomic mass is 19.4. The zero-order chi connectivity index (χ0) is 11.1. The number of ether oxygens (including phenoxy) is 2. The van der Waals surface area contributed by atoms with Gasteiger partial charge in [0.25, 0.3) is 0 Å². The van der Waals surface area contributed by atoms with Crippen LogP contribution in [0.4, 0.5) is 13.2 Å². The standard InChI is InChI=1S/C9H10F3NO2/c10-9(11,12)7-14-4-5-15-8-2-1-3-13-6-8/h1-3,6H,4-5,7H2. The highest BCUT2D eigenvalue weighted by Gasteiger charge is 2.27. The SMILES string of the molecule is FC(F)(F)COCCOc1cccnc1. The number of hydrogen-bond donors (Lipinski definition) is 0. The van der Waals surface area contributed by atoms with Crippen LogP contribution in [0, 0.1) is 0 Å². The molecule has 0 amide bonds. The van der Waals surface area contributed by atoms with E-state index in [4.69, 9.17) is 4.74 Å². The van der Waals surface area contributed by atoms with Gasteiger partial charge in [-0.25, -0.2) is 0 Å². The number of rotatable bonds is 5. The van der Waals surface area contributed by atoms with E-state index >= 15 is 0 Å². The quantitative estimate of drug-likeness (QED) is 0.713. The molecule has 0 saturated heterocycles. The van der Waals surface area contributed by atoms with E-state index in [-0.39, 0.29) is 13.2 Å². The molecule has 1 aromatic heterocycles. The molecular weight excluding hydrogens is 211 g/mol. The van der Waals surface area contributed by atoms with Crippen LogP contribution < -0.4 is 4.74 Å². The summed E-state index contributed by atoms with van der Waals surface area (Å²) in [4.78, 5) is 3.78. The molecule has 0 fully saturated rings. The molecule has 0 bridgehead atoms. The van der Waals surface area contributed by atoms with E-state index in [1.54, 1.807) is 18.3 Å². The van der Waals surface area contributed by atoms with Crippen molar-refractivity contribution in [2.45, 2.75) is 6.18 Å². The molecular formula is C9H10F3NO2. The molecule has 0 radical (unpaired) electrons. The fourth-order valence-corrected chi connectivity index (χ4v) is 0.839. The average Bonchev–Trinajstić information content (AvgIpc) is 2.17. The number of pyridine rings is 1. The molecule has 3 nitrogen and oxygen atoms in total. The fraction of sp³-hybridized carbons (Fsp3) is 0.444. The molecule has 0 unspecified atom stereocenters. The Morgan fingerprint density at radius 1 is 1.27 bits per heavy atom. The third-order valence-corrected chi connectivity index (χ3v) is 1.40. The lowest BCUT2D eigenvalue weighted by molar-refractivity contribution is -0.175. The van der Waals surface area contributed by atoms with Gasteiger partial charge in [0, 0.05) is 6.20 Å². The third kappa shape index (κ3) is 5.90. The first-order valence-electron chi connectivity index (χ1n) is 4.25. The summed E-state index contributed by atoms with van der Waals surface area (Å²) in [5.74, 6) is 0.508. The normalized spacial score (nSPS) is 11.4. The first kappa shape index (κ1) is 11.8. The minimum atomic E-state index is -4.28. The summed E-state index contributed by atoms with van der Waals surface area (Å²) in [6.45, 7) is -1.28. The molecule has 0 spiro atoms. The van der Waals surface area contributed by atoms with Gasteiger partial charge in [-0.15, -0.1) is 0 Å². The van der Waals surface area contributed by atoms with Crippen LogP contribution in [0.5, 0.6) is 5.75 Å². The minimum Gasteiger partial charge on any atom is -0.490 e. The highest BCUT2D eigenvalue weighted by Crippen LogP contribution is 2.14. The second-order valence-corrected chi connectivity index (χ2v) is 2.70. The molecule has 0 saturated carbocycles. The monoisotopic (exact) mass is 221 g/mol. The van der Waals surface area contributed by atoms with E-state index in [1.807, 2.05) is 0 Å². The van der Waals surface area contributed by atoms with Crippen LogP contribution in [-0.4, -0.2) is 31.0 Å². The second-order valence-electron chi connectivity index (χ2n) is 2.70. The van der Waals surface area contributed by atoms with E-state index in [1.165, 1.54) is 6.20 Å². The second kappa shape index (κ2) is 5.55. The molecule has 0 aromatic carbocycles. The first-order chi connectivity index (χ1) is 7.08. The van der Waals surface area contributed by atoms with Gasteiger partial charge < -0.3 is 9.47 Å². The van der Waals surface area contributed by atoms with Crippen LogP contribution in [0.25, 0.3) is 0 Å². The summed E-state index contributed by atoms with van der Waals surface area (Å²) in [5, 5.41) is 0. The largest absolute Gasteiger partial charge is 0.490 e. The Bertz CT molecular complexity index is 276. The van der Waals surface area contributed by atoms with E-state index in [2.05, 4.69) is 9.72 Å². The van der Waals surface area contributed by atoms with Crippen LogP contribution in [0.2, 0.25) is 0 Å². The van der Waals surface area contributed by atoms with Crippen molar-refractivity contribution in [3.8, 4) is 5.75 Å². The first-order valence-corrected chi connectivity index (χ1v) is 4.25. The molecule has 0 N–H and O–H groups in total. The van der Waals surface area contributed by atoms with Crippen LogP contribution in [0.3, 0.4) is 0 Å². The van der Waals surface area contributed by atoms with Crippen molar-refractivity contribution in [1.29, 1.82) is 0 Å². The van der Waals surface area contributed by atoms with E-state index in [0.717, 1.165) is 0 Å². The van der Waals surface area contributed by atoms with Crippen LogP contribution in [-0.2, 0) is 4.74 Å². The van der Waals surface area contributed by atoms with Gasteiger partial charge in [0.2, 0.25) is 0 Å². The zero-order valence-corrected chi connectivity index (χ0v) is 7.83.